The van der Waals surface area contributed by atoms with E-state index in [1.807, 2.05) is 6.92 Å². The molecule has 1 rings (SSSR count). The molecular formula is C14H14Cl2O4. The van der Waals surface area contributed by atoms with E-state index in [0.717, 1.165) is 6.42 Å². The summed E-state index contributed by atoms with van der Waals surface area (Å²) in [7, 11) is 0. The topological polar surface area (TPSA) is 63.6 Å². The van der Waals surface area contributed by atoms with Gasteiger partial charge in [0.1, 0.15) is 5.75 Å². The van der Waals surface area contributed by atoms with E-state index >= 15 is 0 Å². The maximum Gasteiger partial charge on any atom is 0.360 e. The van der Waals surface area contributed by atoms with E-state index in [1.165, 1.54) is 18.2 Å². The molecule has 20 heavy (non-hydrogen) atoms. The largest absolute Gasteiger partial charge is 0.478 e. The van der Waals surface area contributed by atoms with Crippen LogP contribution in [0.1, 0.15) is 30.1 Å². The van der Waals surface area contributed by atoms with Crippen LogP contribution in [0.15, 0.2) is 30.4 Å². The van der Waals surface area contributed by atoms with E-state index in [-0.39, 0.29) is 16.6 Å². The molecule has 0 amide bonds. The molecule has 0 radical (unpaired) electrons. The number of hydrogen-bond acceptors (Lipinski definition) is 3. The fourth-order valence-corrected chi connectivity index (χ4v) is 1.89. The number of halogens is 2. The number of benzene rings is 1. The van der Waals surface area contributed by atoms with Gasteiger partial charge in [0, 0.05) is 5.56 Å². The second-order valence-corrected chi connectivity index (χ2v) is 4.90. The van der Waals surface area contributed by atoms with Crippen molar-refractivity contribution in [3.05, 3.63) is 40.9 Å². The van der Waals surface area contributed by atoms with Gasteiger partial charge in [-0.15, -0.1) is 0 Å². The zero-order valence-corrected chi connectivity index (χ0v) is 12.4. The number of carboxylic acid groups (broad SMARTS) is 1. The summed E-state index contributed by atoms with van der Waals surface area (Å²) in [6, 6.07) is 4.26. The van der Waals surface area contributed by atoms with Gasteiger partial charge < -0.3 is 9.84 Å². The Labute approximate surface area is 126 Å². The molecule has 4 nitrogen and oxygen atoms in total. The number of ether oxygens (including phenoxy) is 1. The van der Waals surface area contributed by atoms with Crippen molar-refractivity contribution in [3.8, 4) is 5.75 Å². The van der Waals surface area contributed by atoms with Crippen molar-refractivity contribution >= 4 is 35.0 Å². The Hall–Kier alpha value is -1.52. The maximum absolute atomic E-state index is 12.1. The van der Waals surface area contributed by atoms with Crippen LogP contribution in [0.4, 0.5) is 0 Å². The van der Waals surface area contributed by atoms with Crippen LogP contribution in [0.3, 0.4) is 0 Å². The summed E-state index contributed by atoms with van der Waals surface area (Å²) in [6.07, 6.45) is 1.41. The van der Waals surface area contributed by atoms with Crippen molar-refractivity contribution in [1.82, 2.24) is 0 Å². The zero-order valence-electron chi connectivity index (χ0n) is 10.9. The molecule has 0 aliphatic rings. The van der Waals surface area contributed by atoms with Crippen LogP contribution in [0.5, 0.6) is 5.75 Å². The third-order valence-electron chi connectivity index (χ3n) is 2.49. The molecule has 1 unspecified atom stereocenters. The van der Waals surface area contributed by atoms with Crippen LogP contribution < -0.4 is 4.74 Å². The average molecular weight is 317 g/mol. The average Bonchev–Trinajstić information content (AvgIpc) is 2.38. The van der Waals surface area contributed by atoms with Gasteiger partial charge in [0.05, 0.1) is 5.02 Å². The Bertz CT molecular complexity index is 540. The molecule has 1 atom stereocenters. The van der Waals surface area contributed by atoms with Gasteiger partial charge in [-0.1, -0.05) is 43.1 Å². The second kappa shape index (κ2) is 7.31. The first-order chi connectivity index (χ1) is 9.36. The van der Waals surface area contributed by atoms with Crippen LogP contribution >= 0.6 is 23.2 Å². The second-order valence-electron chi connectivity index (χ2n) is 4.10. The highest BCUT2D eigenvalue weighted by atomic mass is 35.5. The minimum absolute atomic E-state index is 0.166. The van der Waals surface area contributed by atoms with Gasteiger partial charge in [-0.25, -0.2) is 4.79 Å². The predicted octanol–water partition coefficient (Wildman–Crippen LogP) is 3.91. The molecule has 0 saturated heterocycles. The minimum Gasteiger partial charge on any atom is -0.478 e. The highest BCUT2D eigenvalue weighted by molar-refractivity contribution is 6.35. The number of carbonyl (C=O) groups excluding carboxylic acids is 1. The Kier molecular flexibility index (Phi) is 6.05. The van der Waals surface area contributed by atoms with E-state index in [2.05, 4.69) is 6.58 Å². The van der Waals surface area contributed by atoms with E-state index < -0.39 is 11.5 Å². The molecule has 0 fully saturated rings. The van der Waals surface area contributed by atoms with E-state index in [9.17, 15) is 9.59 Å². The lowest BCUT2D eigenvalue weighted by molar-refractivity contribution is -0.141. The smallest absolute Gasteiger partial charge is 0.360 e. The summed E-state index contributed by atoms with van der Waals surface area (Å²) in [5.74, 6) is -1.36. The van der Waals surface area contributed by atoms with Crippen LogP contribution in [0, 0.1) is 0 Å². The monoisotopic (exact) mass is 316 g/mol. The number of hydrogen-bond donors (Lipinski definition) is 1. The molecule has 1 aromatic rings. The Balaban J connectivity index is 2.91. The fraction of sp³-hybridized carbons (Fsp3) is 0.286. The number of rotatable bonds is 7. The first-order valence-corrected chi connectivity index (χ1v) is 6.73. The van der Waals surface area contributed by atoms with Gasteiger partial charge in [0.15, 0.2) is 5.78 Å². The van der Waals surface area contributed by atoms with Gasteiger partial charge in [-0.05, 0) is 30.2 Å². The minimum atomic E-state index is -1.51. The number of ketones is 1. The van der Waals surface area contributed by atoms with Crippen molar-refractivity contribution < 1.29 is 19.4 Å². The van der Waals surface area contributed by atoms with Crippen molar-refractivity contribution in [1.29, 1.82) is 0 Å². The van der Waals surface area contributed by atoms with E-state index in [4.69, 9.17) is 33.0 Å². The molecule has 0 aromatic heterocycles. The quantitative estimate of drug-likeness (QED) is 0.470. The normalized spacial score (nSPS) is 11.8. The Morgan fingerprint density at radius 2 is 2.10 bits per heavy atom. The number of Topliss-reactive ketones (excluding diaryl/α,β-unsaturated/α-hetero) is 1. The van der Waals surface area contributed by atoms with Gasteiger partial charge in [0.2, 0.25) is 0 Å². The first-order valence-electron chi connectivity index (χ1n) is 5.92. The number of aliphatic carboxylic acids is 1. The van der Waals surface area contributed by atoms with Gasteiger partial charge in [-0.2, -0.15) is 0 Å². The van der Waals surface area contributed by atoms with Crippen LogP contribution in [-0.4, -0.2) is 22.4 Å². The molecule has 6 heteroatoms. The predicted molar refractivity (Wildman–Crippen MR) is 77.7 cm³/mol. The molecule has 1 aromatic carbocycles. The lowest BCUT2D eigenvalue weighted by Crippen LogP contribution is -2.20. The van der Waals surface area contributed by atoms with E-state index in [1.54, 1.807) is 0 Å². The fourth-order valence-electron chi connectivity index (χ4n) is 1.53. The molecule has 0 bridgehead atoms. The number of allylic oxidation sites excluding steroid dienone is 1. The zero-order chi connectivity index (χ0) is 15.3. The summed E-state index contributed by atoms with van der Waals surface area (Å²) in [5.41, 5.74) is -0.731. The highest BCUT2D eigenvalue weighted by Gasteiger charge is 2.18. The standard InChI is InChI=1S/C14H14Cl2O4/c1-3-4-8(2)12(17)10-6-5-9(7-11(10)15)20-13(16)14(18)19/h5-7,13H,2-4H2,1H3,(H,18,19). The van der Waals surface area contributed by atoms with Crippen LogP contribution in [0.2, 0.25) is 5.02 Å². The van der Waals surface area contributed by atoms with Crippen molar-refractivity contribution in [2.45, 2.75) is 25.3 Å². The maximum atomic E-state index is 12.1. The molecule has 0 aliphatic carbocycles. The number of carbonyl (C=O) groups is 2. The van der Waals surface area contributed by atoms with Crippen molar-refractivity contribution in [3.63, 3.8) is 0 Å². The summed E-state index contributed by atoms with van der Waals surface area (Å²) in [6.45, 7) is 5.67. The molecule has 0 heterocycles. The van der Waals surface area contributed by atoms with Gasteiger partial charge >= 0.3 is 5.97 Å². The molecule has 0 aliphatic heterocycles. The number of alkyl halides is 1. The third kappa shape index (κ3) is 4.25. The molecule has 108 valence electrons. The van der Waals surface area contributed by atoms with E-state index in [0.29, 0.717) is 17.6 Å². The van der Waals surface area contributed by atoms with Crippen molar-refractivity contribution in [2.75, 3.05) is 0 Å². The third-order valence-corrected chi connectivity index (χ3v) is 3.08. The molecular weight excluding hydrogens is 303 g/mol. The van der Waals surface area contributed by atoms with Gasteiger partial charge in [-0.3, -0.25) is 4.79 Å². The first kappa shape index (κ1) is 16.5. The Morgan fingerprint density at radius 1 is 1.45 bits per heavy atom. The summed E-state index contributed by atoms with van der Waals surface area (Å²) in [4.78, 5) is 22.6. The SMILES string of the molecule is C=C(CCC)C(=O)c1ccc(OC(Cl)C(=O)O)cc1Cl. The lowest BCUT2D eigenvalue weighted by atomic mass is 10.0. The number of carboxylic acids is 1. The lowest BCUT2D eigenvalue weighted by Gasteiger charge is -2.11. The summed E-state index contributed by atoms with van der Waals surface area (Å²) in [5, 5.41) is 8.80. The van der Waals surface area contributed by atoms with Crippen LogP contribution in [0.25, 0.3) is 0 Å². The molecule has 0 saturated carbocycles. The van der Waals surface area contributed by atoms with Crippen LogP contribution in [-0.2, 0) is 4.79 Å². The van der Waals surface area contributed by atoms with Gasteiger partial charge in [0.25, 0.3) is 5.56 Å². The Morgan fingerprint density at radius 3 is 2.60 bits per heavy atom. The highest BCUT2D eigenvalue weighted by Crippen LogP contribution is 2.26. The summed E-state index contributed by atoms with van der Waals surface area (Å²) >= 11 is 11.4. The molecule has 1 N–H and O–H groups in total. The van der Waals surface area contributed by atoms with Crippen molar-refractivity contribution in [2.24, 2.45) is 0 Å². The molecule has 0 spiro atoms. The summed E-state index contributed by atoms with van der Waals surface area (Å²) < 4.78 is 4.95.